The van der Waals surface area contributed by atoms with Crippen molar-refractivity contribution in [1.82, 2.24) is 16.0 Å². The van der Waals surface area contributed by atoms with Crippen LogP contribution in [0.5, 0.6) is 0 Å². The van der Waals surface area contributed by atoms with Crippen molar-refractivity contribution in [2.75, 3.05) is 6.54 Å². The monoisotopic (exact) mass is 471 g/mol. The van der Waals surface area contributed by atoms with E-state index in [9.17, 15) is 28.8 Å². The molecule has 0 rings (SSSR count). The average Bonchev–Trinajstić information content (AvgIpc) is 2.71. The zero-order valence-corrected chi connectivity index (χ0v) is 19.1. The topological polar surface area (TPSA) is 209 Å². The lowest BCUT2D eigenvalue weighted by atomic mass is 10.1. The van der Waals surface area contributed by atoms with E-state index in [1.165, 1.54) is 13.8 Å². The Bertz CT molecular complexity index is 742. The summed E-state index contributed by atoms with van der Waals surface area (Å²) in [5.41, 5.74) is 10.6. The Kier molecular flexibility index (Phi) is 13.7. The largest absolute Gasteiger partial charge is 0.453 e. The van der Waals surface area contributed by atoms with Gasteiger partial charge in [0, 0.05) is 6.92 Å². The number of rotatable bonds is 15. The second-order valence-electron chi connectivity index (χ2n) is 7.16. The molecule has 0 radical (unpaired) electrons. The standard InChI is InChI=1S/C20H33N5O8/c1-5-32-20(31)14(8-6-7-9-21)24-19(30)15(10-16(22)27)25-17(28)11(2)23-18(29)12(3)33-13(4)26/h5,11-12,14-15H,1,6-10,21H2,2-4H3,(H2,22,27)(H,23,29)(H,24,30)(H,25,28). The number of nitrogens with two attached hydrogens (primary N) is 2. The van der Waals surface area contributed by atoms with Crippen LogP contribution in [0, 0.1) is 0 Å². The number of esters is 2. The van der Waals surface area contributed by atoms with Gasteiger partial charge >= 0.3 is 11.9 Å². The minimum atomic E-state index is -1.42. The quantitative estimate of drug-likeness (QED) is 0.102. The first-order chi connectivity index (χ1) is 15.4. The van der Waals surface area contributed by atoms with Crippen molar-refractivity contribution >= 4 is 35.6 Å². The predicted molar refractivity (Wildman–Crippen MR) is 116 cm³/mol. The maximum absolute atomic E-state index is 12.7. The number of carbonyl (C=O) groups is 6. The van der Waals surface area contributed by atoms with Gasteiger partial charge in [-0.05, 0) is 39.7 Å². The lowest BCUT2D eigenvalue weighted by Gasteiger charge is -2.23. The van der Waals surface area contributed by atoms with Crippen LogP contribution in [0.15, 0.2) is 12.8 Å². The molecule has 0 saturated carbocycles. The molecular formula is C20H33N5O8. The summed E-state index contributed by atoms with van der Waals surface area (Å²) in [6.07, 6.45) is 0.505. The molecule has 4 atom stereocenters. The maximum Gasteiger partial charge on any atom is 0.333 e. The van der Waals surface area contributed by atoms with E-state index in [1.807, 2.05) is 0 Å². The number of hydrogen-bond acceptors (Lipinski definition) is 9. The molecule has 0 aliphatic carbocycles. The summed E-state index contributed by atoms with van der Waals surface area (Å²) in [5.74, 6) is -4.75. The van der Waals surface area contributed by atoms with Gasteiger partial charge in [-0.2, -0.15) is 0 Å². The third-order valence-electron chi connectivity index (χ3n) is 4.25. The molecule has 0 aliphatic heterocycles. The van der Waals surface area contributed by atoms with E-state index in [1.54, 1.807) is 0 Å². The fraction of sp³-hybridized carbons (Fsp3) is 0.600. The minimum absolute atomic E-state index is 0.202. The average molecular weight is 472 g/mol. The van der Waals surface area contributed by atoms with E-state index in [0.717, 1.165) is 13.2 Å². The molecule has 4 amide bonds. The summed E-state index contributed by atoms with van der Waals surface area (Å²) in [6, 6.07) is -3.64. The van der Waals surface area contributed by atoms with Crippen LogP contribution >= 0.6 is 0 Å². The fourth-order valence-electron chi connectivity index (χ4n) is 2.58. The molecule has 7 N–H and O–H groups in total. The van der Waals surface area contributed by atoms with Gasteiger partial charge in [0.2, 0.25) is 17.7 Å². The molecule has 0 aromatic carbocycles. The lowest BCUT2D eigenvalue weighted by Crippen LogP contribution is -2.56. The van der Waals surface area contributed by atoms with Gasteiger partial charge in [-0.1, -0.05) is 6.58 Å². The molecule has 0 spiro atoms. The Morgan fingerprint density at radius 3 is 2.06 bits per heavy atom. The molecule has 13 heteroatoms. The van der Waals surface area contributed by atoms with Gasteiger partial charge in [0.25, 0.3) is 5.91 Å². The molecule has 0 fully saturated rings. The van der Waals surface area contributed by atoms with E-state index >= 15 is 0 Å². The van der Waals surface area contributed by atoms with E-state index in [0.29, 0.717) is 19.4 Å². The first-order valence-electron chi connectivity index (χ1n) is 10.3. The Balaban J connectivity index is 5.25. The highest BCUT2D eigenvalue weighted by atomic mass is 16.5. The summed E-state index contributed by atoms with van der Waals surface area (Å²) in [5, 5.41) is 7.05. The highest BCUT2D eigenvalue weighted by Gasteiger charge is 2.30. The summed E-state index contributed by atoms with van der Waals surface area (Å²) in [4.78, 5) is 71.7. The summed E-state index contributed by atoms with van der Waals surface area (Å²) >= 11 is 0. The molecule has 186 valence electrons. The smallest absolute Gasteiger partial charge is 0.333 e. The van der Waals surface area contributed by atoms with Crippen LogP contribution in [0.4, 0.5) is 0 Å². The minimum Gasteiger partial charge on any atom is -0.453 e. The number of nitrogens with one attached hydrogen (secondary N) is 3. The van der Waals surface area contributed by atoms with Gasteiger partial charge in [0.05, 0.1) is 12.7 Å². The van der Waals surface area contributed by atoms with Crippen LogP contribution < -0.4 is 27.4 Å². The van der Waals surface area contributed by atoms with Crippen LogP contribution in [0.3, 0.4) is 0 Å². The van der Waals surface area contributed by atoms with Crippen molar-refractivity contribution in [2.45, 2.75) is 70.7 Å². The molecule has 33 heavy (non-hydrogen) atoms. The maximum atomic E-state index is 12.7. The lowest BCUT2D eigenvalue weighted by molar-refractivity contribution is -0.153. The van der Waals surface area contributed by atoms with Crippen LogP contribution in [-0.4, -0.2) is 66.3 Å². The van der Waals surface area contributed by atoms with E-state index in [2.05, 4.69) is 22.5 Å². The second kappa shape index (κ2) is 15.3. The number of hydrogen-bond donors (Lipinski definition) is 5. The first kappa shape index (κ1) is 29.5. The van der Waals surface area contributed by atoms with Crippen molar-refractivity contribution in [3.05, 3.63) is 12.8 Å². The normalized spacial score (nSPS) is 13.9. The van der Waals surface area contributed by atoms with Crippen molar-refractivity contribution in [2.24, 2.45) is 11.5 Å². The van der Waals surface area contributed by atoms with Crippen molar-refractivity contribution in [3.8, 4) is 0 Å². The third-order valence-corrected chi connectivity index (χ3v) is 4.25. The van der Waals surface area contributed by atoms with Gasteiger partial charge < -0.3 is 36.9 Å². The first-order valence-corrected chi connectivity index (χ1v) is 10.3. The molecule has 0 saturated heterocycles. The zero-order chi connectivity index (χ0) is 25.6. The number of carbonyl (C=O) groups excluding carboxylic acids is 6. The Hall–Kier alpha value is -3.48. The van der Waals surface area contributed by atoms with Crippen molar-refractivity contribution < 1.29 is 38.2 Å². The molecule has 13 nitrogen and oxygen atoms in total. The van der Waals surface area contributed by atoms with Crippen LogP contribution in [0.1, 0.15) is 46.5 Å². The van der Waals surface area contributed by atoms with Gasteiger partial charge in [0.15, 0.2) is 6.10 Å². The van der Waals surface area contributed by atoms with Crippen LogP contribution in [0.25, 0.3) is 0 Å². The highest BCUT2D eigenvalue weighted by Crippen LogP contribution is 2.05. The molecule has 0 aliphatic rings. The number of amides is 4. The SMILES string of the molecule is C=COC(=O)C(CCCCN)NC(=O)C(CC(N)=O)NC(=O)C(C)NC(=O)C(C)OC(C)=O. The number of primary amides is 1. The van der Waals surface area contributed by atoms with Crippen molar-refractivity contribution in [3.63, 3.8) is 0 Å². The van der Waals surface area contributed by atoms with Crippen LogP contribution in [0.2, 0.25) is 0 Å². The van der Waals surface area contributed by atoms with Crippen molar-refractivity contribution in [1.29, 1.82) is 0 Å². The molecular weight excluding hydrogens is 438 g/mol. The highest BCUT2D eigenvalue weighted by molar-refractivity contribution is 5.96. The molecule has 4 unspecified atom stereocenters. The van der Waals surface area contributed by atoms with E-state index in [4.69, 9.17) is 20.9 Å². The second-order valence-corrected chi connectivity index (χ2v) is 7.16. The zero-order valence-electron chi connectivity index (χ0n) is 19.1. The van der Waals surface area contributed by atoms with Gasteiger partial charge in [-0.25, -0.2) is 4.79 Å². The van der Waals surface area contributed by atoms with E-state index in [-0.39, 0.29) is 6.42 Å². The fourth-order valence-corrected chi connectivity index (χ4v) is 2.58. The van der Waals surface area contributed by atoms with Gasteiger partial charge in [-0.15, -0.1) is 0 Å². The molecule has 0 aromatic rings. The van der Waals surface area contributed by atoms with Crippen LogP contribution in [-0.2, 0) is 38.2 Å². The summed E-state index contributed by atoms with van der Waals surface area (Å²) < 4.78 is 9.45. The number of unbranched alkanes of at least 4 members (excludes halogenated alkanes) is 1. The molecule has 0 bridgehead atoms. The third kappa shape index (κ3) is 12.2. The Labute approximate surface area is 192 Å². The number of ether oxygens (including phenoxy) is 2. The summed E-state index contributed by atoms with van der Waals surface area (Å²) in [6.45, 7) is 7.44. The summed E-state index contributed by atoms with van der Waals surface area (Å²) in [7, 11) is 0. The van der Waals surface area contributed by atoms with Gasteiger partial charge in [0.1, 0.15) is 18.1 Å². The molecule has 0 aromatic heterocycles. The van der Waals surface area contributed by atoms with E-state index < -0.39 is 66.2 Å². The Morgan fingerprint density at radius 1 is 0.939 bits per heavy atom. The molecule has 0 heterocycles. The van der Waals surface area contributed by atoms with Gasteiger partial charge in [-0.3, -0.25) is 24.0 Å². The Morgan fingerprint density at radius 2 is 1.55 bits per heavy atom. The predicted octanol–water partition coefficient (Wildman–Crippen LogP) is -1.90.